The second-order valence-electron chi connectivity index (χ2n) is 8.15. The summed E-state index contributed by atoms with van der Waals surface area (Å²) in [4.78, 5) is 44.8. The van der Waals surface area contributed by atoms with E-state index in [9.17, 15) is 14.4 Å². The molecular weight excluding hydrogens is 536 g/mol. The van der Waals surface area contributed by atoms with Crippen molar-refractivity contribution >= 4 is 49.8 Å². The molecule has 9 nitrogen and oxygen atoms in total. The Labute approximate surface area is 199 Å². The summed E-state index contributed by atoms with van der Waals surface area (Å²) >= 11 is 6.91. The van der Waals surface area contributed by atoms with Crippen LogP contribution in [0.3, 0.4) is 0 Å². The minimum Gasteiger partial charge on any atom is -0.442 e. The molecule has 2 rings (SSSR count). The van der Waals surface area contributed by atoms with Gasteiger partial charge in [0.1, 0.15) is 5.60 Å². The van der Waals surface area contributed by atoms with E-state index in [0.717, 1.165) is 11.1 Å². The van der Waals surface area contributed by atoms with Crippen LogP contribution in [0.15, 0.2) is 18.5 Å². The van der Waals surface area contributed by atoms with E-state index in [-0.39, 0.29) is 25.0 Å². The topological polar surface area (TPSA) is 92.1 Å². The van der Waals surface area contributed by atoms with Gasteiger partial charge in [0, 0.05) is 48.0 Å². The highest BCUT2D eigenvalue weighted by Gasteiger charge is 2.26. The Kier molecular flexibility index (Phi) is 9.70. The van der Waals surface area contributed by atoms with Gasteiger partial charge in [-0.25, -0.2) is 4.79 Å². The van der Waals surface area contributed by atoms with E-state index in [0.29, 0.717) is 36.8 Å². The van der Waals surface area contributed by atoms with Crippen molar-refractivity contribution in [1.29, 1.82) is 0 Å². The molecule has 0 radical (unpaired) electrons. The molecule has 172 valence electrons. The molecule has 31 heavy (non-hydrogen) atoms. The lowest BCUT2D eigenvalue weighted by Gasteiger charge is -2.34. The van der Waals surface area contributed by atoms with Crippen LogP contribution in [-0.4, -0.2) is 66.1 Å². The molecule has 3 amide bonds. The van der Waals surface area contributed by atoms with Crippen molar-refractivity contribution in [3.8, 4) is 0 Å². The predicted molar refractivity (Wildman–Crippen MR) is 120 cm³/mol. The third-order valence-electron chi connectivity index (χ3n) is 4.40. The van der Waals surface area contributed by atoms with E-state index in [2.05, 4.69) is 43.4 Å². The molecule has 1 aromatic rings. The largest absolute Gasteiger partial charge is 0.442 e. The van der Waals surface area contributed by atoms with Gasteiger partial charge >= 0.3 is 6.09 Å². The normalized spacial score (nSPS) is 14.4. The summed E-state index contributed by atoms with van der Waals surface area (Å²) in [5, 5.41) is 1.43. The number of rotatable bonds is 7. The van der Waals surface area contributed by atoms with Crippen LogP contribution in [0.4, 0.5) is 4.79 Å². The highest BCUT2D eigenvalue weighted by molar-refractivity contribution is 9.08. The molecule has 0 unspecified atom stereocenters. The standard InChI is InChI=1S/C20H28Br2N4O5/c1-20(2,3)31-19(29)23-30-14-18(28)26-6-4-25(5-7-26)17(27)13-24-11-15(9-21)8-16(10-22)12-24/h8,11-12H,4-7,9-10,13-14H2,1-3H3/p+1. The molecule has 1 aromatic heterocycles. The maximum absolute atomic E-state index is 12.7. The fraction of sp³-hybridized carbons (Fsp3) is 0.600. The number of carbonyl (C=O) groups excluding carboxylic acids is 3. The number of amides is 3. The Morgan fingerprint density at radius 2 is 1.52 bits per heavy atom. The van der Waals surface area contributed by atoms with Gasteiger partial charge in [-0.15, -0.1) is 0 Å². The Morgan fingerprint density at radius 1 is 1.00 bits per heavy atom. The number of hydrogen-bond donors (Lipinski definition) is 1. The highest BCUT2D eigenvalue weighted by Crippen LogP contribution is 2.10. The lowest BCUT2D eigenvalue weighted by molar-refractivity contribution is -0.685. The number of hydroxylamine groups is 1. The van der Waals surface area contributed by atoms with Crippen LogP contribution in [0.5, 0.6) is 0 Å². The van der Waals surface area contributed by atoms with Gasteiger partial charge in [0.15, 0.2) is 19.0 Å². The predicted octanol–water partition coefficient (Wildman–Crippen LogP) is 1.89. The molecule has 0 saturated carbocycles. The smallest absolute Gasteiger partial charge is 0.431 e. The summed E-state index contributed by atoms with van der Waals surface area (Å²) in [6.45, 7) is 6.89. The summed E-state index contributed by atoms with van der Waals surface area (Å²) in [6, 6.07) is 2.08. The molecule has 1 N–H and O–H groups in total. The van der Waals surface area contributed by atoms with E-state index in [1.807, 2.05) is 17.0 Å². The molecule has 1 aliphatic rings. The molecule has 0 atom stereocenters. The third kappa shape index (κ3) is 8.74. The molecule has 0 spiro atoms. The number of piperazine rings is 1. The van der Waals surface area contributed by atoms with Crippen molar-refractivity contribution in [3.63, 3.8) is 0 Å². The van der Waals surface area contributed by atoms with Gasteiger partial charge in [-0.2, -0.15) is 10.0 Å². The molecule has 1 aliphatic heterocycles. The molecule has 2 heterocycles. The number of ether oxygens (including phenoxy) is 1. The van der Waals surface area contributed by atoms with Crippen molar-refractivity contribution in [2.24, 2.45) is 0 Å². The quantitative estimate of drug-likeness (QED) is 0.310. The third-order valence-corrected chi connectivity index (χ3v) is 5.69. The lowest BCUT2D eigenvalue weighted by atomic mass is 10.2. The zero-order chi connectivity index (χ0) is 23.0. The van der Waals surface area contributed by atoms with Crippen LogP contribution < -0.4 is 10.0 Å². The van der Waals surface area contributed by atoms with Crippen LogP contribution in [-0.2, 0) is 36.4 Å². The van der Waals surface area contributed by atoms with Gasteiger partial charge in [-0.05, 0) is 26.8 Å². The van der Waals surface area contributed by atoms with Gasteiger partial charge in [0.2, 0.25) is 6.54 Å². The first-order valence-electron chi connectivity index (χ1n) is 9.91. The summed E-state index contributed by atoms with van der Waals surface area (Å²) in [7, 11) is 0. The Hall–Kier alpha value is -1.72. The number of carbonyl (C=O) groups is 3. The van der Waals surface area contributed by atoms with Crippen molar-refractivity contribution in [3.05, 3.63) is 29.6 Å². The number of nitrogens with zero attached hydrogens (tertiary/aromatic N) is 3. The number of aromatic nitrogens is 1. The summed E-state index contributed by atoms with van der Waals surface area (Å²) in [5.74, 6) is -0.253. The first kappa shape index (κ1) is 25.5. The fourth-order valence-electron chi connectivity index (χ4n) is 3.02. The second-order valence-corrected chi connectivity index (χ2v) is 9.27. The van der Waals surface area contributed by atoms with Gasteiger partial charge < -0.3 is 14.5 Å². The van der Waals surface area contributed by atoms with Crippen LogP contribution in [0.2, 0.25) is 0 Å². The van der Waals surface area contributed by atoms with E-state index in [1.54, 1.807) is 30.6 Å². The molecule has 0 aromatic carbocycles. The molecular formula is C20H29Br2N4O5+. The minimum atomic E-state index is -0.750. The van der Waals surface area contributed by atoms with Crippen LogP contribution in [0.25, 0.3) is 0 Å². The average Bonchev–Trinajstić information content (AvgIpc) is 2.72. The highest BCUT2D eigenvalue weighted by atomic mass is 79.9. The monoisotopic (exact) mass is 563 g/mol. The fourth-order valence-corrected chi connectivity index (χ4v) is 3.64. The first-order chi connectivity index (χ1) is 14.6. The van der Waals surface area contributed by atoms with Crippen LogP contribution in [0, 0.1) is 0 Å². The summed E-state index contributed by atoms with van der Waals surface area (Å²) in [5.41, 5.74) is 3.65. The first-order valence-corrected chi connectivity index (χ1v) is 12.2. The van der Waals surface area contributed by atoms with E-state index < -0.39 is 11.7 Å². The van der Waals surface area contributed by atoms with Gasteiger partial charge in [0.05, 0.1) is 0 Å². The Balaban J connectivity index is 1.77. The van der Waals surface area contributed by atoms with Crippen LogP contribution >= 0.6 is 31.9 Å². The molecule has 0 aliphatic carbocycles. The zero-order valence-electron chi connectivity index (χ0n) is 18.0. The van der Waals surface area contributed by atoms with E-state index in [4.69, 9.17) is 9.57 Å². The van der Waals surface area contributed by atoms with Crippen LogP contribution in [0.1, 0.15) is 31.9 Å². The Morgan fingerprint density at radius 3 is 2.00 bits per heavy atom. The zero-order valence-corrected chi connectivity index (χ0v) is 21.2. The van der Waals surface area contributed by atoms with Gasteiger partial charge in [-0.3, -0.25) is 14.4 Å². The molecule has 1 fully saturated rings. The van der Waals surface area contributed by atoms with E-state index in [1.165, 1.54) is 0 Å². The maximum atomic E-state index is 12.7. The Bertz CT molecular complexity index is 770. The molecule has 11 heteroatoms. The number of halogens is 2. The van der Waals surface area contributed by atoms with Crippen molar-refractivity contribution in [1.82, 2.24) is 15.3 Å². The number of hydrogen-bond acceptors (Lipinski definition) is 5. The maximum Gasteiger partial charge on any atom is 0.431 e. The molecule has 1 saturated heterocycles. The lowest BCUT2D eigenvalue weighted by Crippen LogP contribution is -2.54. The summed E-state index contributed by atoms with van der Waals surface area (Å²) < 4.78 is 6.92. The number of pyridine rings is 1. The average molecular weight is 565 g/mol. The van der Waals surface area contributed by atoms with Gasteiger partial charge in [-0.1, -0.05) is 31.9 Å². The SMILES string of the molecule is CC(C)(C)OC(=O)NOCC(=O)N1CCN(C(=O)C[n+]2cc(CBr)cc(CBr)c2)CC1. The minimum absolute atomic E-state index is 0.00665. The molecule has 0 bridgehead atoms. The van der Waals surface area contributed by atoms with Crippen molar-refractivity contribution in [2.45, 2.75) is 43.6 Å². The summed E-state index contributed by atoms with van der Waals surface area (Å²) in [6.07, 6.45) is 3.15. The van der Waals surface area contributed by atoms with Gasteiger partial charge in [0.25, 0.3) is 11.8 Å². The van der Waals surface area contributed by atoms with E-state index >= 15 is 0 Å². The van der Waals surface area contributed by atoms with Crippen molar-refractivity contribution < 1.29 is 28.5 Å². The van der Waals surface area contributed by atoms with Crippen molar-refractivity contribution in [2.75, 3.05) is 32.8 Å². The second kappa shape index (κ2) is 11.8. The number of alkyl halides is 2. The number of nitrogens with one attached hydrogen (secondary N) is 1.